The van der Waals surface area contributed by atoms with E-state index in [4.69, 9.17) is 9.47 Å². The smallest absolute Gasteiger partial charge is 0.128 e. The van der Waals surface area contributed by atoms with Gasteiger partial charge >= 0.3 is 0 Å². The number of hydrogen-bond acceptors (Lipinski definition) is 2. The SMILES string of the molecule is CCCCCCC(C)OC1CCc2c(ccc3c2c(OCC)cc2ccccc23)C1(C)C. The van der Waals surface area contributed by atoms with E-state index >= 15 is 0 Å². The number of hydrogen-bond donors (Lipinski definition) is 0. The minimum Gasteiger partial charge on any atom is -0.493 e. The molecule has 0 heterocycles. The molecule has 0 N–H and O–H groups in total. The van der Waals surface area contributed by atoms with Crippen LogP contribution in [0.1, 0.15) is 84.3 Å². The molecule has 2 unspecified atom stereocenters. The minimum absolute atomic E-state index is 0.0193. The summed E-state index contributed by atoms with van der Waals surface area (Å²) in [5.74, 6) is 1.03. The fourth-order valence-corrected chi connectivity index (χ4v) is 5.62. The Kier molecular flexibility index (Phi) is 7.10. The van der Waals surface area contributed by atoms with Crippen LogP contribution in [0.15, 0.2) is 42.5 Å². The molecule has 2 heteroatoms. The quantitative estimate of drug-likeness (QED) is 0.250. The van der Waals surface area contributed by atoms with Crippen LogP contribution in [0.5, 0.6) is 5.75 Å². The molecule has 0 spiro atoms. The van der Waals surface area contributed by atoms with Crippen molar-refractivity contribution in [1.82, 2.24) is 0 Å². The molecule has 2 nitrogen and oxygen atoms in total. The molecule has 0 radical (unpaired) electrons. The van der Waals surface area contributed by atoms with Gasteiger partial charge in [-0.2, -0.15) is 0 Å². The van der Waals surface area contributed by atoms with E-state index in [-0.39, 0.29) is 11.5 Å². The lowest BCUT2D eigenvalue weighted by Crippen LogP contribution is -2.42. The van der Waals surface area contributed by atoms with Crippen LogP contribution < -0.4 is 4.74 Å². The van der Waals surface area contributed by atoms with Crippen LogP contribution in [0.4, 0.5) is 0 Å². The van der Waals surface area contributed by atoms with Crippen LogP contribution >= 0.6 is 0 Å². The Bertz CT molecular complexity index is 1070. The number of fused-ring (bicyclic) bond motifs is 5. The summed E-state index contributed by atoms with van der Waals surface area (Å²) in [5, 5.41) is 5.18. The Morgan fingerprint density at radius 3 is 2.59 bits per heavy atom. The third-order valence-electron chi connectivity index (χ3n) is 7.41. The van der Waals surface area contributed by atoms with Crippen molar-refractivity contribution in [3.63, 3.8) is 0 Å². The highest BCUT2D eigenvalue weighted by Gasteiger charge is 2.39. The summed E-state index contributed by atoms with van der Waals surface area (Å²) in [7, 11) is 0. The summed E-state index contributed by atoms with van der Waals surface area (Å²) < 4.78 is 12.9. The van der Waals surface area contributed by atoms with Crippen molar-refractivity contribution in [2.24, 2.45) is 0 Å². The molecule has 0 saturated carbocycles. The van der Waals surface area contributed by atoms with E-state index in [0.29, 0.717) is 12.7 Å². The first kappa shape index (κ1) is 23.1. The summed E-state index contributed by atoms with van der Waals surface area (Å²) in [6, 6.07) is 15.6. The lowest BCUT2D eigenvalue weighted by atomic mass is 9.69. The molecular formula is C30H40O2. The van der Waals surface area contributed by atoms with Gasteiger partial charge in [-0.05, 0) is 66.5 Å². The minimum atomic E-state index is -0.0193. The van der Waals surface area contributed by atoms with Gasteiger partial charge in [0.1, 0.15) is 5.75 Å². The average molecular weight is 433 g/mol. The topological polar surface area (TPSA) is 18.5 Å². The number of rotatable bonds is 9. The molecule has 1 aliphatic rings. The van der Waals surface area contributed by atoms with Gasteiger partial charge in [-0.3, -0.25) is 0 Å². The Hall–Kier alpha value is -2.06. The van der Waals surface area contributed by atoms with Crippen molar-refractivity contribution in [2.45, 2.75) is 97.2 Å². The molecule has 0 aliphatic heterocycles. The molecule has 172 valence electrons. The highest BCUT2D eigenvalue weighted by molar-refractivity contribution is 6.11. The van der Waals surface area contributed by atoms with E-state index in [2.05, 4.69) is 77.1 Å². The predicted octanol–water partition coefficient (Wildman–Crippen LogP) is 8.36. The molecule has 3 aromatic rings. The summed E-state index contributed by atoms with van der Waals surface area (Å²) in [6.45, 7) is 12.0. The van der Waals surface area contributed by atoms with Gasteiger partial charge in [0.15, 0.2) is 0 Å². The second-order valence-corrected chi connectivity index (χ2v) is 10.1. The summed E-state index contributed by atoms with van der Waals surface area (Å²) in [5.41, 5.74) is 2.86. The zero-order valence-corrected chi connectivity index (χ0v) is 20.7. The van der Waals surface area contributed by atoms with Gasteiger partial charge in [0.05, 0.1) is 18.8 Å². The number of aryl methyl sites for hydroxylation is 1. The van der Waals surface area contributed by atoms with Crippen molar-refractivity contribution < 1.29 is 9.47 Å². The van der Waals surface area contributed by atoms with Crippen molar-refractivity contribution in [2.75, 3.05) is 6.61 Å². The molecule has 4 rings (SSSR count). The summed E-state index contributed by atoms with van der Waals surface area (Å²) in [4.78, 5) is 0. The van der Waals surface area contributed by atoms with E-state index in [1.807, 2.05) is 0 Å². The molecule has 0 saturated heterocycles. The second-order valence-electron chi connectivity index (χ2n) is 10.1. The molecular weight excluding hydrogens is 392 g/mol. The number of unbranched alkanes of at least 4 members (excludes halogenated alkanes) is 3. The van der Waals surface area contributed by atoms with Crippen LogP contribution in [-0.2, 0) is 16.6 Å². The second kappa shape index (κ2) is 9.83. The van der Waals surface area contributed by atoms with E-state index in [1.165, 1.54) is 58.4 Å². The zero-order valence-electron chi connectivity index (χ0n) is 20.7. The van der Waals surface area contributed by atoms with Crippen molar-refractivity contribution in [3.05, 3.63) is 53.6 Å². The maximum atomic E-state index is 6.67. The molecule has 0 fully saturated rings. The largest absolute Gasteiger partial charge is 0.493 e. The van der Waals surface area contributed by atoms with Crippen LogP contribution in [0, 0.1) is 0 Å². The van der Waals surface area contributed by atoms with E-state index in [9.17, 15) is 0 Å². The zero-order chi connectivity index (χ0) is 22.7. The highest BCUT2D eigenvalue weighted by Crippen LogP contribution is 2.46. The van der Waals surface area contributed by atoms with Gasteiger partial charge in [-0.15, -0.1) is 0 Å². The molecule has 0 amide bonds. The van der Waals surface area contributed by atoms with Gasteiger partial charge < -0.3 is 9.47 Å². The standard InChI is InChI=1S/C30H40O2/c1-6-8-9-10-13-21(3)32-28-19-17-25-26(30(28,4)5)18-16-24-23-15-12-11-14-22(23)20-27(29(24)25)31-7-2/h11-12,14-16,18,20-21,28H,6-10,13,17,19H2,1-5H3. The fraction of sp³-hybridized carbons (Fsp3) is 0.533. The Morgan fingerprint density at radius 1 is 1.00 bits per heavy atom. The number of ether oxygens (including phenoxy) is 2. The van der Waals surface area contributed by atoms with Gasteiger partial charge in [0, 0.05) is 10.8 Å². The maximum Gasteiger partial charge on any atom is 0.128 e. The first-order valence-corrected chi connectivity index (χ1v) is 12.7. The first-order valence-electron chi connectivity index (χ1n) is 12.7. The van der Waals surface area contributed by atoms with E-state index in [0.717, 1.165) is 25.0 Å². The third kappa shape index (κ3) is 4.39. The fourth-order valence-electron chi connectivity index (χ4n) is 5.62. The highest BCUT2D eigenvalue weighted by atomic mass is 16.5. The lowest BCUT2D eigenvalue weighted by Gasteiger charge is -2.42. The van der Waals surface area contributed by atoms with Crippen LogP contribution in [0.3, 0.4) is 0 Å². The summed E-state index contributed by atoms with van der Waals surface area (Å²) >= 11 is 0. The normalized spacial score (nSPS) is 18.6. The third-order valence-corrected chi connectivity index (χ3v) is 7.41. The molecule has 3 aromatic carbocycles. The molecule has 0 aromatic heterocycles. The monoisotopic (exact) mass is 432 g/mol. The first-order chi connectivity index (χ1) is 15.5. The van der Waals surface area contributed by atoms with Crippen LogP contribution in [-0.4, -0.2) is 18.8 Å². The van der Waals surface area contributed by atoms with Gasteiger partial charge in [-0.25, -0.2) is 0 Å². The Morgan fingerprint density at radius 2 is 1.81 bits per heavy atom. The predicted molar refractivity (Wildman–Crippen MR) is 137 cm³/mol. The van der Waals surface area contributed by atoms with Crippen molar-refractivity contribution >= 4 is 21.5 Å². The van der Waals surface area contributed by atoms with Gasteiger partial charge in [0.2, 0.25) is 0 Å². The van der Waals surface area contributed by atoms with Gasteiger partial charge in [-0.1, -0.05) is 82.9 Å². The molecule has 32 heavy (non-hydrogen) atoms. The van der Waals surface area contributed by atoms with Crippen molar-refractivity contribution in [1.29, 1.82) is 0 Å². The lowest BCUT2D eigenvalue weighted by molar-refractivity contribution is -0.0509. The van der Waals surface area contributed by atoms with Gasteiger partial charge in [0.25, 0.3) is 0 Å². The average Bonchev–Trinajstić information content (AvgIpc) is 2.78. The van der Waals surface area contributed by atoms with Crippen LogP contribution in [0.25, 0.3) is 21.5 Å². The van der Waals surface area contributed by atoms with E-state index < -0.39 is 0 Å². The molecule has 0 bridgehead atoms. The summed E-state index contributed by atoms with van der Waals surface area (Å²) in [6.07, 6.45) is 9.06. The van der Waals surface area contributed by atoms with E-state index in [1.54, 1.807) is 0 Å². The van der Waals surface area contributed by atoms with Crippen LogP contribution in [0.2, 0.25) is 0 Å². The molecule has 2 atom stereocenters. The maximum absolute atomic E-state index is 6.67. The number of benzene rings is 3. The Balaban J connectivity index is 1.69. The van der Waals surface area contributed by atoms with Crippen molar-refractivity contribution in [3.8, 4) is 5.75 Å². The molecule has 1 aliphatic carbocycles. The Labute approximate surface area is 194 Å².